The van der Waals surface area contributed by atoms with Gasteiger partial charge in [-0.1, -0.05) is 13.8 Å². The molecular formula is C12H20N6. The van der Waals surface area contributed by atoms with Gasteiger partial charge in [-0.25, -0.2) is 4.98 Å². The normalized spacial score (nSPS) is 11.4. The van der Waals surface area contributed by atoms with E-state index in [0.29, 0.717) is 6.04 Å². The Kier molecular flexibility index (Phi) is 3.76. The van der Waals surface area contributed by atoms with Crippen LogP contribution in [0, 0.1) is 6.92 Å². The van der Waals surface area contributed by atoms with Crippen LogP contribution in [0.15, 0.2) is 12.4 Å². The zero-order valence-electron chi connectivity index (χ0n) is 11.4. The Morgan fingerprint density at radius 1 is 1.39 bits per heavy atom. The molecule has 98 valence electrons. The maximum absolute atomic E-state index is 4.39. The molecule has 18 heavy (non-hydrogen) atoms. The topological polar surface area (TPSA) is 58.4 Å². The molecule has 0 saturated carbocycles. The molecule has 0 bridgehead atoms. The van der Waals surface area contributed by atoms with Gasteiger partial charge in [0.2, 0.25) is 5.65 Å². The number of likely N-dealkylation sites (N-methyl/N-ethyl adjacent to an activating group) is 1. The minimum absolute atomic E-state index is 0.498. The Hall–Kier alpha value is -1.69. The van der Waals surface area contributed by atoms with Gasteiger partial charge in [-0.15, -0.1) is 10.2 Å². The molecule has 0 radical (unpaired) electrons. The lowest BCUT2D eigenvalue weighted by Crippen LogP contribution is -2.33. The number of fused-ring (bicyclic) bond motifs is 1. The van der Waals surface area contributed by atoms with Crippen LogP contribution in [0.5, 0.6) is 0 Å². The minimum atomic E-state index is 0.498. The fraction of sp³-hybridized carbons (Fsp3) is 0.583. The predicted octanol–water partition coefficient (Wildman–Crippen LogP) is 0.867. The lowest BCUT2D eigenvalue weighted by molar-refractivity contribution is 0.588. The number of rotatable bonds is 5. The minimum Gasteiger partial charge on any atom is -0.355 e. The predicted molar refractivity (Wildman–Crippen MR) is 71.9 cm³/mol. The van der Waals surface area contributed by atoms with Gasteiger partial charge < -0.3 is 10.2 Å². The third kappa shape index (κ3) is 2.59. The van der Waals surface area contributed by atoms with Crippen LogP contribution in [0.2, 0.25) is 0 Å². The summed E-state index contributed by atoms with van der Waals surface area (Å²) < 4.78 is 1.95. The van der Waals surface area contributed by atoms with E-state index in [4.69, 9.17) is 0 Å². The highest BCUT2D eigenvalue weighted by atomic mass is 15.3. The maximum atomic E-state index is 4.39. The molecule has 0 aliphatic heterocycles. The van der Waals surface area contributed by atoms with Gasteiger partial charge in [0.05, 0.1) is 0 Å². The Morgan fingerprint density at radius 2 is 2.17 bits per heavy atom. The molecule has 2 aromatic rings. The first-order valence-electron chi connectivity index (χ1n) is 6.20. The fourth-order valence-electron chi connectivity index (χ4n) is 1.82. The maximum Gasteiger partial charge on any atom is 0.203 e. The van der Waals surface area contributed by atoms with E-state index in [1.807, 2.05) is 24.6 Å². The van der Waals surface area contributed by atoms with Crippen LogP contribution >= 0.6 is 0 Å². The fourth-order valence-corrected chi connectivity index (χ4v) is 1.82. The third-order valence-electron chi connectivity index (χ3n) is 2.84. The molecule has 0 atom stereocenters. The Bertz CT molecular complexity index is 518. The quantitative estimate of drug-likeness (QED) is 0.850. The van der Waals surface area contributed by atoms with Gasteiger partial charge in [0.1, 0.15) is 5.82 Å². The molecule has 0 amide bonds. The van der Waals surface area contributed by atoms with Crippen LogP contribution in [-0.4, -0.2) is 45.8 Å². The number of aryl methyl sites for hydroxylation is 1. The molecule has 6 nitrogen and oxygen atoms in total. The largest absolute Gasteiger partial charge is 0.355 e. The average molecular weight is 248 g/mol. The third-order valence-corrected chi connectivity index (χ3v) is 2.84. The number of aromatic nitrogens is 4. The Labute approximate surface area is 107 Å². The first kappa shape index (κ1) is 12.8. The van der Waals surface area contributed by atoms with Crippen LogP contribution in [0.1, 0.15) is 19.7 Å². The van der Waals surface area contributed by atoms with Gasteiger partial charge in [-0.2, -0.15) is 0 Å². The lowest BCUT2D eigenvalue weighted by atomic mass is 10.4. The molecule has 2 rings (SSSR count). The van der Waals surface area contributed by atoms with Crippen molar-refractivity contribution in [1.82, 2.24) is 24.9 Å². The zero-order chi connectivity index (χ0) is 13.1. The highest BCUT2D eigenvalue weighted by Gasteiger charge is 2.11. The number of hydrogen-bond donors (Lipinski definition) is 1. The van der Waals surface area contributed by atoms with Gasteiger partial charge in [-0.05, 0) is 6.92 Å². The molecule has 0 aromatic carbocycles. The monoisotopic (exact) mass is 248 g/mol. The summed E-state index contributed by atoms with van der Waals surface area (Å²) in [6.45, 7) is 8.02. The van der Waals surface area contributed by atoms with Gasteiger partial charge in [0.25, 0.3) is 0 Å². The molecule has 2 heterocycles. The second kappa shape index (κ2) is 5.30. The summed E-state index contributed by atoms with van der Waals surface area (Å²) >= 11 is 0. The number of nitrogens with one attached hydrogen (secondary N) is 1. The van der Waals surface area contributed by atoms with E-state index < -0.39 is 0 Å². The molecule has 6 heteroatoms. The summed E-state index contributed by atoms with van der Waals surface area (Å²) in [6.07, 6.45) is 3.67. The average Bonchev–Trinajstić information content (AvgIpc) is 2.71. The molecule has 0 aliphatic carbocycles. The SMILES string of the molecule is Cc1nnc2c(N(C)CCNC(C)C)nccn12. The second-order valence-corrected chi connectivity index (χ2v) is 4.72. The van der Waals surface area contributed by atoms with Crippen LogP contribution < -0.4 is 10.2 Å². The van der Waals surface area contributed by atoms with Crippen molar-refractivity contribution in [2.45, 2.75) is 26.8 Å². The number of hydrogen-bond acceptors (Lipinski definition) is 5. The number of anilines is 1. The highest BCUT2D eigenvalue weighted by molar-refractivity contribution is 5.63. The Balaban J connectivity index is 2.15. The molecular weight excluding hydrogens is 228 g/mol. The summed E-state index contributed by atoms with van der Waals surface area (Å²) in [7, 11) is 2.02. The first-order valence-corrected chi connectivity index (χ1v) is 6.20. The Morgan fingerprint density at radius 3 is 2.89 bits per heavy atom. The molecule has 0 aliphatic rings. The van der Waals surface area contributed by atoms with E-state index in [-0.39, 0.29) is 0 Å². The summed E-state index contributed by atoms with van der Waals surface area (Å²) in [6, 6.07) is 0.498. The van der Waals surface area contributed by atoms with E-state index in [0.717, 1.165) is 30.4 Å². The van der Waals surface area contributed by atoms with Crippen molar-refractivity contribution in [3.8, 4) is 0 Å². The van der Waals surface area contributed by atoms with E-state index >= 15 is 0 Å². The van der Waals surface area contributed by atoms with Crippen molar-refractivity contribution in [3.05, 3.63) is 18.2 Å². The van der Waals surface area contributed by atoms with Crippen LogP contribution in [0.3, 0.4) is 0 Å². The molecule has 0 saturated heterocycles. The van der Waals surface area contributed by atoms with Gasteiger partial charge in [0, 0.05) is 38.6 Å². The van der Waals surface area contributed by atoms with Crippen LogP contribution in [0.25, 0.3) is 5.65 Å². The van der Waals surface area contributed by atoms with Gasteiger partial charge >= 0.3 is 0 Å². The summed E-state index contributed by atoms with van der Waals surface area (Å²) in [5.41, 5.74) is 0.807. The molecule has 0 fully saturated rings. The van der Waals surface area contributed by atoms with Crippen LogP contribution in [0.4, 0.5) is 5.82 Å². The molecule has 0 unspecified atom stereocenters. The summed E-state index contributed by atoms with van der Waals surface area (Å²) in [4.78, 5) is 6.49. The summed E-state index contributed by atoms with van der Waals surface area (Å²) in [5, 5.41) is 11.6. The lowest BCUT2D eigenvalue weighted by Gasteiger charge is -2.19. The number of nitrogens with zero attached hydrogens (tertiary/aromatic N) is 5. The van der Waals surface area contributed by atoms with E-state index in [9.17, 15) is 0 Å². The van der Waals surface area contributed by atoms with Crippen molar-refractivity contribution < 1.29 is 0 Å². The van der Waals surface area contributed by atoms with Crippen molar-refractivity contribution in [3.63, 3.8) is 0 Å². The second-order valence-electron chi connectivity index (χ2n) is 4.72. The van der Waals surface area contributed by atoms with Gasteiger partial charge in [-0.3, -0.25) is 4.40 Å². The van der Waals surface area contributed by atoms with Crippen LogP contribution in [-0.2, 0) is 0 Å². The van der Waals surface area contributed by atoms with Crippen molar-refractivity contribution in [2.24, 2.45) is 0 Å². The van der Waals surface area contributed by atoms with E-state index in [2.05, 4.69) is 39.2 Å². The van der Waals surface area contributed by atoms with Crippen molar-refractivity contribution in [1.29, 1.82) is 0 Å². The van der Waals surface area contributed by atoms with E-state index in [1.54, 1.807) is 6.20 Å². The van der Waals surface area contributed by atoms with E-state index in [1.165, 1.54) is 0 Å². The summed E-state index contributed by atoms with van der Waals surface area (Å²) in [5.74, 6) is 1.74. The highest BCUT2D eigenvalue weighted by Crippen LogP contribution is 2.15. The van der Waals surface area contributed by atoms with Crippen molar-refractivity contribution in [2.75, 3.05) is 25.0 Å². The van der Waals surface area contributed by atoms with Crippen molar-refractivity contribution >= 4 is 11.5 Å². The smallest absolute Gasteiger partial charge is 0.203 e. The standard InChI is InChI=1S/C12H20N6/c1-9(2)13-5-7-17(4)11-12-16-15-10(3)18(12)8-6-14-11/h6,8-9,13H,5,7H2,1-4H3. The van der Waals surface area contributed by atoms with Gasteiger partial charge in [0.15, 0.2) is 5.82 Å². The molecule has 2 aromatic heterocycles. The molecule has 1 N–H and O–H groups in total. The molecule has 0 spiro atoms. The zero-order valence-corrected chi connectivity index (χ0v) is 11.4. The first-order chi connectivity index (χ1) is 8.59.